The molecule has 0 saturated heterocycles. The molecule has 22 heavy (non-hydrogen) atoms. The van der Waals surface area contributed by atoms with E-state index in [4.69, 9.17) is 5.73 Å². The summed E-state index contributed by atoms with van der Waals surface area (Å²) < 4.78 is 27.2. The van der Waals surface area contributed by atoms with E-state index in [1.807, 2.05) is 0 Å². The van der Waals surface area contributed by atoms with E-state index in [1.54, 1.807) is 6.92 Å². The summed E-state index contributed by atoms with van der Waals surface area (Å²) in [5, 5.41) is 0. The van der Waals surface area contributed by atoms with Gasteiger partial charge in [0.25, 0.3) is 0 Å². The van der Waals surface area contributed by atoms with Gasteiger partial charge in [-0.05, 0) is 6.42 Å². The first-order valence-corrected chi connectivity index (χ1v) is 9.66. The van der Waals surface area contributed by atoms with Gasteiger partial charge in [0.1, 0.15) is 0 Å². The van der Waals surface area contributed by atoms with Crippen LogP contribution in [0, 0.1) is 5.92 Å². The van der Waals surface area contributed by atoms with Crippen LogP contribution in [0.5, 0.6) is 0 Å². The number of nitrogens with two attached hydrogens (primary N) is 1. The van der Waals surface area contributed by atoms with Crippen molar-refractivity contribution < 1.29 is 17.4 Å². The Morgan fingerprint density at radius 3 is 2.05 bits per heavy atom. The van der Waals surface area contributed by atoms with Crippen molar-refractivity contribution in [1.29, 1.82) is 0 Å². The second-order valence-corrected chi connectivity index (χ2v) is 7.31. The molecule has 0 bridgehead atoms. The summed E-state index contributed by atoms with van der Waals surface area (Å²) in [6.07, 6.45) is 10.3. The van der Waals surface area contributed by atoms with Crippen molar-refractivity contribution >= 4 is 45.6 Å². The Kier molecular flexibility index (Phi) is 16.7. The van der Waals surface area contributed by atoms with E-state index in [9.17, 15) is 13.2 Å². The average molecular weight is 345 g/mol. The Morgan fingerprint density at radius 2 is 1.55 bits per heavy atom. The summed E-state index contributed by atoms with van der Waals surface area (Å²) in [6.45, 7) is 3.87. The van der Waals surface area contributed by atoms with Gasteiger partial charge in [-0.15, -0.1) is 0 Å². The summed E-state index contributed by atoms with van der Waals surface area (Å²) >= 11 is 0. The standard InChI is InChI=1S/C15H31NO4S.Na.H/c1-3-4-5-6-7-8-9-10-11-14(2)15(17)20-21(18,19)13-12-16;;/h14H,3-13,16H2,1-2H3;;. The molecule has 0 aromatic rings. The van der Waals surface area contributed by atoms with Crippen molar-refractivity contribution in [2.24, 2.45) is 11.7 Å². The van der Waals surface area contributed by atoms with Crippen molar-refractivity contribution in [3.63, 3.8) is 0 Å². The van der Waals surface area contributed by atoms with Gasteiger partial charge < -0.3 is 9.92 Å². The number of hydrogen-bond donors (Lipinski definition) is 1. The van der Waals surface area contributed by atoms with Crippen LogP contribution in [0.25, 0.3) is 0 Å². The van der Waals surface area contributed by atoms with Crippen LogP contribution in [-0.4, -0.2) is 56.2 Å². The molecule has 0 aromatic heterocycles. The normalized spacial score (nSPS) is 12.5. The molecule has 128 valence electrons. The van der Waals surface area contributed by atoms with Crippen LogP contribution >= 0.6 is 0 Å². The number of rotatable bonds is 13. The number of carbonyl (C=O) groups is 1. The summed E-state index contributed by atoms with van der Waals surface area (Å²) in [6, 6.07) is 0. The molecule has 1 atom stereocenters. The molecule has 0 saturated carbocycles. The molecule has 0 rings (SSSR count). The molecule has 0 spiro atoms. The van der Waals surface area contributed by atoms with Crippen LogP contribution in [0.1, 0.15) is 71.6 Å². The molecule has 0 aromatic carbocycles. The van der Waals surface area contributed by atoms with E-state index in [1.165, 1.54) is 38.5 Å². The number of carbonyl (C=O) groups excluding carboxylic acids is 1. The van der Waals surface area contributed by atoms with Crippen molar-refractivity contribution in [1.82, 2.24) is 0 Å². The van der Waals surface area contributed by atoms with Gasteiger partial charge in [-0.25, -0.2) is 0 Å². The second kappa shape index (κ2) is 14.9. The van der Waals surface area contributed by atoms with Gasteiger partial charge in [0.05, 0.1) is 11.7 Å². The third-order valence-electron chi connectivity index (χ3n) is 3.47. The zero-order chi connectivity index (χ0) is 16.1. The molecule has 0 amide bonds. The Balaban J connectivity index is 0. The van der Waals surface area contributed by atoms with E-state index in [2.05, 4.69) is 11.1 Å². The molecule has 0 fully saturated rings. The molecule has 0 radical (unpaired) electrons. The zero-order valence-corrected chi connectivity index (χ0v) is 14.3. The van der Waals surface area contributed by atoms with E-state index in [0.717, 1.165) is 12.8 Å². The first kappa shape index (κ1) is 24.6. The van der Waals surface area contributed by atoms with Crippen LogP contribution in [-0.2, 0) is 19.1 Å². The molecule has 2 N–H and O–H groups in total. The third kappa shape index (κ3) is 14.0. The fourth-order valence-electron chi connectivity index (χ4n) is 2.10. The molecule has 5 nitrogen and oxygen atoms in total. The Morgan fingerprint density at radius 1 is 1.05 bits per heavy atom. The first-order chi connectivity index (χ1) is 9.93. The molecular weight excluding hydrogens is 313 g/mol. The molecule has 0 heterocycles. The summed E-state index contributed by atoms with van der Waals surface area (Å²) in [4.78, 5) is 11.6. The second-order valence-electron chi connectivity index (χ2n) is 5.62. The van der Waals surface area contributed by atoms with Crippen LogP contribution in [0.4, 0.5) is 0 Å². The topological polar surface area (TPSA) is 86.5 Å². The summed E-state index contributed by atoms with van der Waals surface area (Å²) in [7, 11) is -3.80. The monoisotopic (exact) mass is 345 g/mol. The Labute approximate surface area is 158 Å². The molecule has 0 aliphatic heterocycles. The third-order valence-corrected chi connectivity index (χ3v) is 4.62. The predicted octanol–water partition coefficient (Wildman–Crippen LogP) is 2.34. The van der Waals surface area contributed by atoms with Gasteiger partial charge in [0.15, 0.2) is 0 Å². The minimum absolute atomic E-state index is 0. The zero-order valence-electron chi connectivity index (χ0n) is 13.5. The van der Waals surface area contributed by atoms with Crippen molar-refractivity contribution in [3.8, 4) is 0 Å². The molecule has 0 aliphatic carbocycles. The maximum absolute atomic E-state index is 11.6. The van der Waals surface area contributed by atoms with Crippen LogP contribution in [0.2, 0.25) is 0 Å². The SMILES string of the molecule is CCCCCCCCCCC(C)C(=O)OS(=O)(=O)CCN.[NaH]. The quantitative estimate of drug-likeness (QED) is 0.314. The van der Waals surface area contributed by atoms with E-state index < -0.39 is 16.1 Å². The van der Waals surface area contributed by atoms with Gasteiger partial charge in [-0.1, -0.05) is 65.2 Å². The number of unbranched alkanes of at least 4 members (excludes halogenated alkanes) is 7. The molecule has 7 heteroatoms. The molecule has 0 aliphatic rings. The van der Waals surface area contributed by atoms with Crippen molar-refractivity contribution in [2.45, 2.75) is 71.6 Å². The number of hydrogen-bond acceptors (Lipinski definition) is 5. The minimum atomic E-state index is -3.80. The Bertz CT molecular complexity index is 374. The van der Waals surface area contributed by atoms with Crippen LogP contribution < -0.4 is 5.73 Å². The van der Waals surface area contributed by atoms with Gasteiger partial charge >= 0.3 is 45.6 Å². The summed E-state index contributed by atoms with van der Waals surface area (Å²) in [5.74, 6) is -1.35. The fourth-order valence-corrected chi connectivity index (χ4v) is 2.88. The van der Waals surface area contributed by atoms with E-state index >= 15 is 0 Å². The maximum atomic E-state index is 11.6. The first-order valence-electron chi connectivity index (χ1n) is 8.09. The van der Waals surface area contributed by atoms with Gasteiger partial charge in [0, 0.05) is 6.54 Å². The fraction of sp³-hybridized carbons (Fsp3) is 0.933. The van der Waals surface area contributed by atoms with E-state index in [0.29, 0.717) is 6.42 Å². The molecule has 1 unspecified atom stereocenters. The predicted molar refractivity (Wildman–Crippen MR) is 92.5 cm³/mol. The summed E-state index contributed by atoms with van der Waals surface area (Å²) in [5.41, 5.74) is 5.15. The van der Waals surface area contributed by atoms with Gasteiger partial charge in [-0.2, -0.15) is 8.42 Å². The van der Waals surface area contributed by atoms with Crippen LogP contribution in [0.15, 0.2) is 0 Å². The van der Waals surface area contributed by atoms with Gasteiger partial charge in [0.2, 0.25) is 0 Å². The average Bonchev–Trinajstić information content (AvgIpc) is 2.40. The van der Waals surface area contributed by atoms with Crippen LogP contribution in [0.3, 0.4) is 0 Å². The molecular formula is C15H32NNaO4S. The van der Waals surface area contributed by atoms with Crippen molar-refractivity contribution in [2.75, 3.05) is 12.3 Å². The van der Waals surface area contributed by atoms with Gasteiger partial charge in [-0.3, -0.25) is 4.79 Å². The van der Waals surface area contributed by atoms with E-state index in [-0.39, 0.29) is 47.8 Å². The Hall–Kier alpha value is 0.380. The van der Waals surface area contributed by atoms with Crippen molar-refractivity contribution in [3.05, 3.63) is 0 Å².